The lowest BCUT2D eigenvalue weighted by atomic mass is 10.1. The minimum atomic E-state index is -0.416. The summed E-state index contributed by atoms with van der Waals surface area (Å²) in [7, 11) is 0. The van der Waals surface area contributed by atoms with E-state index in [1.165, 1.54) is 17.0 Å². The van der Waals surface area contributed by atoms with Gasteiger partial charge in [-0.3, -0.25) is 25.2 Å². The molecule has 1 aliphatic rings. The van der Waals surface area contributed by atoms with Gasteiger partial charge in [-0.1, -0.05) is 18.6 Å². The van der Waals surface area contributed by atoms with Crippen LogP contribution in [0.4, 0.5) is 4.39 Å². The average molecular weight is 335 g/mol. The van der Waals surface area contributed by atoms with Crippen LogP contribution in [-0.2, 0) is 20.8 Å². The van der Waals surface area contributed by atoms with Gasteiger partial charge in [-0.15, -0.1) is 0 Å². The largest absolute Gasteiger partial charge is 0.333 e. The third-order valence-corrected chi connectivity index (χ3v) is 3.90. The van der Waals surface area contributed by atoms with Gasteiger partial charge in [0, 0.05) is 19.4 Å². The summed E-state index contributed by atoms with van der Waals surface area (Å²) in [4.78, 5) is 36.9. The second-order valence-electron chi connectivity index (χ2n) is 5.85. The molecular formula is C17H22FN3O3. The molecule has 0 atom stereocenters. The van der Waals surface area contributed by atoms with Crippen LogP contribution in [0, 0.1) is 5.82 Å². The average Bonchev–Trinajstić information content (AvgIpc) is 2.77. The molecule has 0 bridgehead atoms. The van der Waals surface area contributed by atoms with E-state index < -0.39 is 5.91 Å². The van der Waals surface area contributed by atoms with Crippen LogP contribution in [-0.4, -0.2) is 35.7 Å². The molecule has 2 N–H and O–H groups in total. The maximum atomic E-state index is 12.8. The number of carbonyl (C=O) groups excluding carboxylic acids is 3. The summed E-state index contributed by atoms with van der Waals surface area (Å²) in [5, 5.41) is 0. The van der Waals surface area contributed by atoms with E-state index in [2.05, 4.69) is 10.9 Å². The first-order valence-corrected chi connectivity index (χ1v) is 8.14. The Hall–Kier alpha value is -2.44. The number of amides is 3. The van der Waals surface area contributed by atoms with Gasteiger partial charge >= 0.3 is 0 Å². The lowest BCUT2D eigenvalue weighted by molar-refractivity contribution is -0.136. The standard InChI is InChI=1S/C17H22FN3O3/c18-14-8-5-13(6-9-14)7-10-15(22)19-20-16(23)12-21-11-3-1-2-4-17(21)24/h5-6,8-9H,1-4,7,10-12H2,(H,19,22)(H,20,23). The highest BCUT2D eigenvalue weighted by Gasteiger charge is 2.19. The molecule has 1 heterocycles. The number of carbonyl (C=O) groups is 3. The van der Waals surface area contributed by atoms with Gasteiger partial charge in [0.2, 0.25) is 11.8 Å². The summed E-state index contributed by atoms with van der Waals surface area (Å²) in [6, 6.07) is 5.92. The molecule has 0 unspecified atom stereocenters. The number of aryl methyl sites for hydroxylation is 1. The Morgan fingerprint density at radius 1 is 1.04 bits per heavy atom. The van der Waals surface area contributed by atoms with Crippen molar-refractivity contribution in [2.75, 3.05) is 13.1 Å². The SMILES string of the molecule is O=C(CCc1ccc(F)cc1)NNC(=O)CN1CCCCCC1=O. The second kappa shape index (κ2) is 9.00. The first-order valence-electron chi connectivity index (χ1n) is 8.14. The van der Waals surface area contributed by atoms with Gasteiger partial charge in [0.05, 0.1) is 0 Å². The van der Waals surface area contributed by atoms with Crippen LogP contribution in [0.15, 0.2) is 24.3 Å². The number of halogens is 1. The number of hydrogen-bond acceptors (Lipinski definition) is 3. The van der Waals surface area contributed by atoms with Crippen molar-refractivity contribution < 1.29 is 18.8 Å². The molecule has 7 heteroatoms. The lowest BCUT2D eigenvalue weighted by Crippen LogP contribution is -2.47. The molecule has 0 aromatic heterocycles. The Bertz CT molecular complexity index is 589. The fourth-order valence-electron chi connectivity index (χ4n) is 2.53. The predicted octanol–water partition coefficient (Wildman–Crippen LogP) is 1.31. The molecule has 0 radical (unpaired) electrons. The topological polar surface area (TPSA) is 78.5 Å². The molecule has 2 rings (SSSR count). The van der Waals surface area contributed by atoms with Crippen molar-refractivity contribution in [2.45, 2.75) is 38.5 Å². The Morgan fingerprint density at radius 3 is 2.50 bits per heavy atom. The van der Waals surface area contributed by atoms with Crippen LogP contribution >= 0.6 is 0 Å². The molecule has 1 fully saturated rings. The molecule has 6 nitrogen and oxygen atoms in total. The van der Waals surface area contributed by atoms with Crippen molar-refractivity contribution in [3.05, 3.63) is 35.6 Å². The number of benzene rings is 1. The van der Waals surface area contributed by atoms with Crippen LogP contribution in [0.25, 0.3) is 0 Å². The van der Waals surface area contributed by atoms with E-state index >= 15 is 0 Å². The van der Waals surface area contributed by atoms with Crippen LogP contribution < -0.4 is 10.9 Å². The lowest BCUT2D eigenvalue weighted by Gasteiger charge is -2.19. The highest BCUT2D eigenvalue weighted by molar-refractivity contribution is 5.86. The monoisotopic (exact) mass is 335 g/mol. The van der Waals surface area contributed by atoms with E-state index in [1.54, 1.807) is 12.1 Å². The molecule has 1 aromatic carbocycles. The fourth-order valence-corrected chi connectivity index (χ4v) is 2.53. The van der Waals surface area contributed by atoms with E-state index in [9.17, 15) is 18.8 Å². The van der Waals surface area contributed by atoms with Gasteiger partial charge in [0.15, 0.2) is 0 Å². The summed E-state index contributed by atoms with van der Waals surface area (Å²) < 4.78 is 12.8. The van der Waals surface area contributed by atoms with Crippen molar-refractivity contribution in [1.29, 1.82) is 0 Å². The highest BCUT2D eigenvalue weighted by Crippen LogP contribution is 2.10. The van der Waals surface area contributed by atoms with Crippen LogP contribution in [0.2, 0.25) is 0 Å². The molecule has 0 saturated carbocycles. The zero-order valence-corrected chi connectivity index (χ0v) is 13.5. The van der Waals surface area contributed by atoms with Gasteiger partial charge in [-0.25, -0.2) is 4.39 Å². The van der Waals surface area contributed by atoms with Gasteiger partial charge in [-0.2, -0.15) is 0 Å². The summed E-state index contributed by atoms with van der Waals surface area (Å²) in [5.41, 5.74) is 5.50. The summed E-state index contributed by atoms with van der Waals surface area (Å²) in [5.74, 6) is -1.10. The normalized spacial score (nSPS) is 14.9. The van der Waals surface area contributed by atoms with Crippen molar-refractivity contribution in [1.82, 2.24) is 15.8 Å². The molecular weight excluding hydrogens is 313 g/mol. The van der Waals surface area contributed by atoms with Gasteiger partial charge in [0.1, 0.15) is 12.4 Å². The maximum Gasteiger partial charge on any atom is 0.257 e. The minimum Gasteiger partial charge on any atom is -0.333 e. The van der Waals surface area contributed by atoms with Gasteiger partial charge in [-0.05, 0) is 37.0 Å². The van der Waals surface area contributed by atoms with Crippen LogP contribution in [0.3, 0.4) is 0 Å². The Labute approximate surface area is 140 Å². The maximum absolute atomic E-state index is 12.8. The molecule has 130 valence electrons. The predicted molar refractivity (Wildman–Crippen MR) is 86.1 cm³/mol. The van der Waals surface area contributed by atoms with Crippen molar-refractivity contribution in [3.8, 4) is 0 Å². The molecule has 24 heavy (non-hydrogen) atoms. The number of hydrogen-bond donors (Lipinski definition) is 2. The zero-order chi connectivity index (χ0) is 17.4. The minimum absolute atomic E-state index is 0.0229. The van der Waals surface area contributed by atoms with E-state index in [-0.39, 0.29) is 30.6 Å². The Balaban J connectivity index is 1.67. The molecule has 1 aliphatic heterocycles. The van der Waals surface area contributed by atoms with Gasteiger partial charge in [0.25, 0.3) is 5.91 Å². The summed E-state index contributed by atoms with van der Waals surface area (Å²) in [6.45, 7) is 0.530. The van der Waals surface area contributed by atoms with E-state index in [4.69, 9.17) is 0 Å². The quantitative estimate of drug-likeness (QED) is 0.797. The summed E-state index contributed by atoms with van der Waals surface area (Å²) >= 11 is 0. The zero-order valence-electron chi connectivity index (χ0n) is 13.5. The molecule has 3 amide bonds. The molecule has 1 aromatic rings. The Morgan fingerprint density at radius 2 is 1.75 bits per heavy atom. The van der Waals surface area contributed by atoms with Crippen molar-refractivity contribution in [3.63, 3.8) is 0 Å². The smallest absolute Gasteiger partial charge is 0.257 e. The number of hydrazine groups is 1. The Kier molecular flexibility index (Phi) is 6.72. The number of nitrogens with zero attached hydrogens (tertiary/aromatic N) is 1. The third kappa shape index (κ3) is 5.98. The first-order chi connectivity index (χ1) is 11.5. The third-order valence-electron chi connectivity index (χ3n) is 3.90. The fraction of sp³-hybridized carbons (Fsp3) is 0.471. The second-order valence-corrected chi connectivity index (χ2v) is 5.85. The van der Waals surface area contributed by atoms with Crippen LogP contribution in [0.5, 0.6) is 0 Å². The van der Waals surface area contributed by atoms with E-state index in [0.29, 0.717) is 19.4 Å². The van der Waals surface area contributed by atoms with Crippen LogP contribution in [0.1, 0.15) is 37.7 Å². The van der Waals surface area contributed by atoms with Crippen molar-refractivity contribution >= 4 is 17.7 Å². The first kappa shape index (κ1) is 17.9. The molecule has 0 aliphatic carbocycles. The molecule has 1 saturated heterocycles. The van der Waals surface area contributed by atoms with E-state index in [1.807, 2.05) is 0 Å². The number of likely N-dealkylation sites (tertiary alicyclic amines) is 1. The number of rotatable bonds is 5. The highest BCUT2D eigenvalue weighted by atomic mass is 19.1. The van der Waals surface area contributed by atoms with Gasteiger partial charge < -0.3 is 4.90 Å². The molecule has 0 spiro atoms. The van der Waals surface area contributed by atoms with E-state index in [0.717, 1.165) is 24.8 Å². The summed E-state index contributed by atoms with van der Waals surface area (Å²) in [6.07, 6.45) is 3.84. The number of nitrogens with one attached hydrogen (secondary N) is 2. The van der Waals surface area contributed by atoms with Crippen molar-refractivity contribution in [2.24, 2.45) is 0 Å².